The molecule has 3 aliphatic heterocycles. The molecule has 3 N–H and O–H groups in total. The lowest BCUT2D eigenvalue weighted by Gasteiger charge is -2.31. The van der Waals surface area contributed by atoms with Gasteiger partial charge in [-0.2, -0.15) is 0 Å². The van der Waals surface area contributed by atoms with Gasteiger partial charge in [-0.25, -0.2) is 4.79 Å². The molecular weight excluding hydrogens is 396 g/mol. The lowest BCUT2D eigenvalue weighted by Crippen LogP contribution is -2.54. The van der Waals surface area contributed by atoms with Crippen LogP contribution < -0.4 is 10.6 Å². The minimum Gasteiger partial charge on any atom is -0.465 e. The number of carbonyl (C=O) groups excluding carboxylic acids is 4. The maximum atomic E-state index is 13.0. The van der Waals surface area contributed by atoms with Gasteiger partial charge in [0.1, 0.15) is 6.04 Å². The predicted octanol–water partition coefficient (Wildman–Crippen LogP) is -0.121. The van der Waals surface area contributed by atoms with Gasteiger partial charge in [-0.15, -0.1) is 0 Å². The fourth-order valence-electron chi connectivity index (χ4n) is 3.90. The molecule has 1 aromatic rings. The standard InChI is InChI=1S/C19H20N4O7/c24-14-5-4-13(16(25)21-14)23-17(26)11-2-1-3-12(15(11)18(23)27)20-8-10-9-22(19(28)29)6-7-30-10/h1-3,10,13,20H,4-9H2,(H,28,29)(H,21,24,25)/t10-,13?/m1/s1. The Hall–Kier alpha value is -3.47. The van der Waals surface area contributed by atoms with E-state index in [1.807, 2.05) is 0 Å². The quantitative estimate of drug-likeness (QED) is 0.576. The van der Waals surface area contributed by atoms with E-state index in [1.54, 1.807) is 12.1 Å². The topological polar surface area (TPSA) is 145 Å². The summed E-state index contributed by atoms with van der Waals surface area (Å²) in [5.74, 6) is -2.29. The summed E-state index contributed by atoms with van der Waals surface area (Å²) in [5, 5.41) is 14.4. The van der Waals surface area contributed by atoms with Gasteiger partial charge in [-0.05, 0) is 18.6 Å². The van der Waals surface area contributed by atoms with Crippen molar-refractivity contribution < 1.29 is 33.8 Å². The number of hydrogen-bond acceptors (Lipinski definition) is 7. The van der Waals surface area contributed by atoms with Crippen molar-refractivity contribution in [3.05, 3.63) is 29.3 Å². The molecule has 11 nitrogen and oxygen atoms in total. The maximum Gasteiger partial charge on any atom is 0.407 e. The average molecular weight is 416 g/mol. The number of rotatable bonds is 4. The van der Waals surface area contributed by atoms with E-state index in [-0.39, 0.29) is 43.7 Å². The Labute approximate surface area is 170 Å². The van der Waals surface area contributed by atoms with Gasteiger partial charge < -0.3 is 20.1 Å². The van der Waals surface area contributed by atoms with Gasteiger partial charge in [0.15, 0.2) is 0 Å². The van der Waals surface area contributed by atoms with Crippen LogP contribution in [0, 0.1) is 0 Å². The first-order valence-electron chi connectivity index (χ1n) is 9.54. The molecule has 3 heterocycles. The molecule has 4 rings (SSSR count). The third-order valence-electron chi connectivity index (χ3n) is 5.40. The first-order chi connectivity index (χ1) is 14.4. The van der Waals surface area contributed by atoms with E-state index in [0.717, 1.165) is 4.90 Å². The SMILES string of the molecule is O=C1CCC(N2C(=O)c3cccc(NC[C@@H]4CN(C(=O)O)CCO4)c3C2=O)C(=O)N1. The van der Waals surface area contributed by atoms with E-state index < -0.39 is 41.9 Å². The molecule has 0 saturated carbocycles. The summed E-state index contributed by atoms with van der Waals surface area (Å²) in [6, 6.07) is 3.73. The van der Waals surface area contributed by atoms with Crippen molar-refractivity contribution in [2.75, 3.05) is 31.6 Å². The first kappa shape index (κ1) is 19.8. The Morgan fingerprint density at radius 2 is 2.03 bits per heavy atom. The summed E-state index contributed by atoms with van der Waals surface area (Å²) < 4.78 is 5.57. The van der Waals surface area contributed by atoms with Crippen LogP contribution in [-0.2, 0) is 14.3 Å². The average Bonchev–Trinajstić information content (AvgIpc) is 2.98. The second kappa shape index (κ2) is 7.75. The van der Waals surface area contributed by atoms with Crippen molar-refractivity contribution in [1.29, 1.82) is 0 Å². The van der Waals surface area contributed by atoms with Gasteiger partial charge >= 0.3 is 6.09 Å². The van der Waals surface area contributed by atoms with Gasteiger partial charge in [0.2, 0.25) is 11.8 Å². The van der Waals surface area contributed by atoms with E-state index in [2.05, 4.69) is 10.6 Å². The molecule has 0 aliphatic carbocycles. The van der Waals surface area contributed by atoms with Crippen LogP contribution in [0.4, 0.5) is 10.5 Å². The number of hydrogen-bond donors (Lipinski definition) is 3. The van der Waals surface area contributed by atoms with Gasteiger partial charge in [0.25, 0.3) is 11.8 Å². The Morgan fingerprint density at radius 3 is 2.77 bits per heavy atom. The maximum absolute atomic E-state index is 13.0. The van der Waals surface area contributed by atoms with Crippen molar-refractivity contribution in [2.24, 2.45) is 0 Å². The highest BCUT2D eigenvalue weighted by Crippen LogP contribution is 2.32. The highest BCUT2D eigenvalue weighted by atomic mass is 16.5. The van der Waals surface area contributed by atoms with Crippen molar-refractivity contribution in [1.82, 2.24) is 15.1 Å². The Morgan fingerprint density at radius 1 is 1.23 bits per heavy atom. The lowest BCUT2D eigenvalue weighted by atomic mass is 10.0. The molecule has 2 fully saturated rings. The predicted molar refractivity (Wildman–Crippen MR) is 101 cm³/mol. The third-order valence-corrected chi connectivity index (χ3v) is 5.40. The molecule has 2 saturated heterocycles. The molecule has 2 atom stereocenters. The molecule has 1 aromatic carbocycles. The highest BCUT2D eigenvalue weighted by molar-refractivity contribution is 6.25. The molecular formula is C19H20N4O7. The Kier molecular flexibility index (Phi) is 5.12. The summed E-state index contributed by atoms with van der Waals surface area (Å²) in [6.45, 7) is 0.986. The molecule has 0 spiro atoms. The van der Waals surface area contributed by atoms with Crippen LogP contribution in [0.25, 0.3) is 0 Å². The Bertz CT molecular complexity index is 947. The van der Waals surface area contributed by atoms with Gasteiger partial charge in [0, 0.05) is 25.2 Å². The van der Waals surface area contributed by atoms with Crippen LogP contribution in [-0.4, -0.2) is 83.0 Å². The zero-order valence-corrected chi connectivity index (χ0v) is 15.9. The van der Waals surface area contributed by atoms with Crippen molar-refractivity contribution in [3.63, 3.8) is 0 Å². The zero-order valence-electron chi connectivity index (χ0n) is 15.9. The molecule has 0 bridgehead atoms. The normalized spacial score (nSPS) is 24.0. The van der Waals surface area contributed by atoms with E-state index in [4.69, 9.17) is 9.84 Å². The van der Waals surface area contributed by atoms with Crippen LogP contribution in [0.3, 0.4) is 0 Å². The minimum absolute atomic E-state index is 0.0496. The molecule has 30 heavy (non-hydrogen) atoms. The molecule has 158 valence electrons. The number of anilines is 1. The molecule has 3 aliphatic rings. The number of fused-ring (bicyclic) bond motifs is 1. The smallest absolute Gasteiger partial charge is 0.407 e. The molecule has 5 amide bonds. The fraction of sp³-hybridized carbons (Fsp3) is 0.421. The fourth-order valence-corrected chi connectivity index (χ4v) is 3.90. The van der Waals surface area contributed by atoms with Gasteiger partial charge in [-0.1, -0.05) is 6.07 Å². The second-order valence-corrected chi connectivity index (χ2v) is 7.28. The summed E-state index contributed by atoms with van der Waals surface area (Å²) in [6.07, 6.45) is -1.30. The monoisotopic (exact) mass is 416 g/mol. The second-order valence-electron chi connectivity index (χ2n) is 7.28. The van der Waals surface area contributed by atoms with E-state index in [9.17, 15) is 24.0 Å². The number of piperidine rings is 1. The molecule has 1 unspecified atom stereocenters. The van der Waals surface area contributed by atoms with E-state index in [1.165, 1.54) is 11.0 Å². The third kappa shape index (κ3) is 3.47. The number of benzene rings is 1. The molecule has 0 radical (unpaired) electrons. The number of ether oxygens (including phenoxy) is 1. The van der Waals surface area contributed by atoms with Crippen LogP contribution >= 0.6 is 0 Å². The van der Waals surface area contributed by atoms with Gasteiger partial charge in [-0.3, -0.25) is 29.4 Å². The lowest BCUT2D eigenvalue weighted by molar-refractivity contribution is -0.136. The number of morpholine rings is 1. The Balaban J connectivity index is 1.51. The largest absolute Gasteiger partial charge is 0.465 e. The van der Waals surface area contributed by atoms with E-state index in [0.29, 0.717) is 12.2 Å². The molecule has 11 heteroatoms. The number of nitrogens with zero attached hydrogens (tertiary/aromatic N) is 2. The van der Waals surface area contributed by atoms with Crippen molar-refractivity contribution in [2.45, 2.75) is 25.0 Å². The number of carbonyl (C=O) groups is 5. The van der Waals surface area contributed by atoms with Crippen molar-refractivity contribution >= 4 is 35.4 Å². The van der Waals surface area contributed by atoms with Crippen LogP contribution in [0.2, 0.25) is 0 Å². The number of nitrogens with one attached hydrogen (secondary N) is 2. The summed E-state index contributed by atoms with van der Waals surface area (Å²) in [7, 11) is 0. The summed E-state index contributed by atoms with van der Waals surface area (Å²) in [4.78, 5) is 62.7. The highest BCUT2D eigenvalue weighted by Gasteiger charge is 2.45. The number of carboxylic acid groups (broad SMARTS) is 1. The minimum atomic E-state index is -1.03. The summed E-state index contributed by atoms with van der Waals surface area (Å²) in [5.41, 5.74) is 0.723. The molecule has 0 aromatic heterocycles. The van der Waals surface area contributed by atoms with E-state index >= 15 is 0 Å². The number of imide groups is 2. The van der Waals surface area contributed by atoms with Crippen LogP contribution in [0.15, 0.2) is 18.2 Å². The van der Waals surface area contributed by atoms with Crippen LogP contribution in [0.5, 0.6) is 0 Å². The summed E-state index contributed by atoms with van der Waals surface area (Å²) >= 11 is 0. The van der Waals surface area contributed by atoms with Crippen molar-refractivity contribution in [3.8, 4) is 0 Å². The first-order valence-corrected chi connectivity index (χ1v) is 9.54. The van der Waals surface area contributed by atoms with Gasteiger partial charge in [0.05, 0.1) is 30.4 Å². The van der Waals surface area contributed by atoms with Crippen LogP contribution in [0.1, 0.15) is 33.6 Å². The number of amides is 5. The zero-order chi connectivity index (χ0) is 21.4.